The fourth-order valence-corrected chi connectivity index (χ4v) is 3.30. The van der Waals surface area contributed by atoms with Crippen molar-refractivity contribution in [3.8, 4) is 0 Å². The Morgan fingerprint density at radius 2 is 1.14 bits per heavy atom. The molecule has 0 atom stereocenters. The molecule has 2 nitrogen and oxygen atoms in total. The number of unbranched alkanes of at least 4 members (excludes halogenated alkanes) is 7. The second kappa shape index (κ2) is 10.1. The van der Waals surface area contributed by atoms with Gasteiger partial charge in [0.05, 0.1) is 0 Å². The van der Waals surface area contributed by atoms with Crippen LogP contribution in [0.2, 0.25) is 0 Å². The molecule has 0 fully saturated rings. The molecule has 0 N–H and O–H groups in total. The molecule has 0 bridgehead atoms. The first-order chi connectivity index (χ1) is 10.1. The van der Waals surface area contributed by atoms with Gasteiger partial charge in [0.25, 0.3) is 0 Å². The number of hydrogen-bond acceptors (Lipinski definition) is 2. The Hall–Kier alpha value is -0.660. The van der Waals surface area contributed by atoms with Gasteiger partial charge in [-0.05, 0) is 40.5 Å². The van der Waals surface area contributed by atoms with E-state index in [0.29, 0.717) is 18.2 Å². The first kappa shape index (κ1) is 18.4. The summed E-state index contributed by atoms with van der Waals surface area (Å²) >= 11 is 0. The Kier molecular flexibility index (Phi) is 8.87. The molecule has 0 amide bonds. The summed E-state index contributed by atoms with van der Waals surface area (Å²) in [5, 5.41) is 0. The molecule has 0 aromatic carbocycles. The molecule has 1 rings (SSSR count). The van der Waals surface area contributed by atoms with E-state index in [1.165, 1.54) is 57.8 Å². The smallest absolute Gasteiger partial charge is 0.101 e. The third kappa shape index (κ3) is 6.32. The van der Waals surface area contributed by atoms with Crippen molar-refractivity contribution in [2.24, 2.45) is 0 Å². The van der Waals surface area contributed by atoms with Gasteiger partial charge in [-0.3, -0.25) is 0 Å². The summed E-state index contributed by atoms with van der Waals surface area (Å²) in [7, 11) is 0. The molecule has 0 saturated heterocycles. The predicted octanol–water partition coefficient (Wildman–Crippen LogP) is 5.75. The quantitative estimate of drug-likeness (QED) is 0.448. The van der Waals surface area contributed by atoms with Crippen LogP contribution in [-0.2, 0) is 0 Å². The Morgan fingerprint density at radius 1 is 0.714 bits per heavy atom. The molecule has 21 heavy (non-hydrogen) atoms. The van der Waals surface area contributed by atoms with Crippen LogP contribution in [-0.4, -0.2) is 28.0 Å². The van der Waals surface area contributed by atoms with Crippen molar-refractivity contribution in [2.75, 3.05) is 0 Å². The normalized spacial score (nSPS) is 16.0. The van der Waals surface area contributed by atoms with E-state index in [1.807, 2.05) is 0 Å². The van der Waals surface area contributed by atoms with Crippen LogP contribution in [0.1, 0.15) is 92.4 Å². The minimum Gasteiger partial charge on any atom is -0.354 e. The maximum Gasteiger partial charge on any atom is 0.101 e. The molecular weight excluding hydrogens is 256 g/mol. The molecule has 0 saturated carbocycles. The lowest BCUT2D eigenvalue weighted by Crippen LogP contribution is -2.44. The molecule has 1 aliphatic heterocycles. The van der Waals surface area contributed by atoms with Crippen molar-refractivity contribution in [3.05, 3.63) is 12.4 Å². The minimum absolute atomic E-state index is 0.588. The van der Waals surface area contributed by atoms with Crippen molar-refractivity contribution in [2.45, 2.75) is 111 Å². The monoisotopic (exact) mass is 294 g/mol. The van der Waals surface area contributed by atoms with Crippen molar-refractivity contribution in [3.63, 3.8) is 0 Å². The van der Waals surface area contributed by atoms with Gasteiger partial charge < -0.3 is 9.80 Å². The third-order valence-electron chi connectivity index (χ3n) is 4.61. The van der Waals surface area contributed by atoms with Crippen molar-refractivity contribution in [1.82, 2.24) is 9.80 Å². The van der Waals surface area contributed by atoms with Gasteiger partial charge in [-0.2, -0.15) is 0 Å². The van der Waals surface area contributed by atoms with Gasteiger partial charge in [-0.15, -0.1) is 0 Å². The lowest BCUT2D eigenvalue weighted by molar-refractivity contribution is 0.0946. The van der Waals surface area contributed by atoms with Gasteiger partial charge in [-0.25, -0.2) is 0 Å². The molecule has 2 heteroatoms. The molecule has 124 valence electrons. The van der Waals surface area contributed by atoms with Crippen molar-refractivity contribution < 1.29 is 0 Å². The average Bonchev–Trinajstić information content (AvgIpc) is 2.86. The minimum atomic E-state index is 0.588. The first-order valence-corrected chi connectivity index (χ1v) is 9.31. The number of nitrogens with zero attached hydrogens (tertiary/aromatic N) is 2. The summed E-state index contributed by atoms with van der Waals surface area (Å²) in [4.78, 5) is 5.06. The van der Waals surface area contributed by atoms with Crippen LogP contribution in [0.15, 0.2) is 12.4 Å². The van der Waals surface area contributed by atoms with Gasteiger partial charge in [-0.1, -0.05) is 51.9 Å². The molecule has 0 spiro atoms. The second-order valence-electron chi connectivity index (χ2n) is 7.12. The highest BCUT2D eigenvalue weighted by molar-refractivity contribution is 4.99. The topological polar surface area (TPSA) is 6.48 Å². The van der Waals surface area contributed by atoms with Crippen LogP contribution in [0.3, 0.4) is 0 Å². The molecule has 0 radical (unpaired) electrons. The highest BCUT2D eigenvalue weighted by Gasteiger charge is 2.28. The molecule has 0 aromatic heterocycles. The maximum absolute atomic E-state index is 2.53. The summed E-state index contributed by atoms with van der Waals surface area (Å²) < 4.78 is 0. The van der Waals surface area contributed by atoms with E-state index in [2.05, 4.69) is 56.8 Å². The zero-order valence-electron chi connectivity index (χ0n) is 15.1. The van der Waals surface area contributed by atoms with Crippen LogP contribution in [0, 0.1) is 0 Å². The standard InChI is InChI=1S/C19H38N2/c1-6-7-8-9-10-11-12-13-14-19-20(17(2)3)15-16-21(19)18(4)5/h15-19H,6-14H2,1-5H3. The fraction of sp³-hybridized carbons (Fsp3) is 0.895. The van der Waals surface area contributed by atoms with Gasteiger partial charge in [0.2, 0.25) is 0 Å². The Balaban J connectivity index is 2.21. The van der Waals surface area contributed by atoms with Gasteiger partial charge >= 0.3 is 0 Å². The average molecular weight is 295 g/mol. The SMILES string of the molecule is CCCCCCCCCCC1N(C(C)C)C=CN1C(C)C. The highest BCUT2D eigenvalue weighted by atomic mass is 15.4. The summed E-state index contributed by atoms with van der Waals surface area (Å²) in [5.74, 6) is 0. The Labute approximate surface area is 133 Å². The van der Waals surface area contributed by atoms with Gasteiger partial charge in [0, 0.05) is 24.5 Å². The summed E-state index contributed by atoms with van der Waals surface area (Å²) in [6, 6.07) is 1.20. The van der Waals surface area contributed by atoms with Gasteiger partial charge in [0.15, 0.2) is 0 Å². The zero-order valence-corrected chi connectivity index (χ0v) is 15.1. The largest absolute Gasteiger partial charge is 0.354 e. The summed E-state index contributed by atoms with van der Waals surface area (Å²) in [6.07, 6.45) is 17.7. The number of hydrogen-bond donors (Lipinski definition) is 0. The summed E-state index contributed by atoms with van der Waals surface area (Å²) in [6.45, 7) is 11.5. The van der Waals surface area contributed by atoms with E-state index < -0.39 is 0 Å². The molecule has 1 aliphatic rings. The molecule has 0 unspecified atom stereocenters. The van der Waals surface area contributed by atoms with Gasteiger partial charge in [0.1, 0.15) is 6.17 Å². The van der Waals surface area contributed by atoms with E-state index in [-0.39, 0.29) is 0 Å². The second-order valence-corrected chi connectivity index (χ2v) is 7.12. The molecular formula is C19H38N2. The lowest BCUT2D eigenvalue weighted by atomic mass is 10.1. The molecule has 0 aromatic rings. The predicted molar refractivity (Wildman–Crippen MR) is 94.1 cm³/mol. The lowest BCUT2D eigenvalue weighted by Gasteiger charge is -2.37. The Morgan fingerprint density at radius 3 is 1.57 bits per heavy atom. The fourth-order valence-electron chi connectivity index (χ4n) is 3.30. The molecule has 0 aliphatic carbocycles. The third-order valence-corrected chi connectivity index (χ3v) is 4.61. The molecule has 1 heterocycles. The number of rotatable bonds is 11. The maximum atomic E-state index is 2.53. The van der Waals surface area contributed by atoms with Crippen LogP contribution >= 0.6 is 0 Å². The zero-order chi connectivity index (χ0) is 15.7. The van der Waals surface area contributed by atoms with Crippen LogP contribution in [0.5, 0.6) is 0 Å². The van der Waals surface area contributed by atoms with E-state index in [4.69, 9.17) is 0 Å². The first-order valence-electron chi connectivity index (χ1n) is 9.31. The van der Waals surface area contributed by atoms with E-state index >= 15 is 0 Å². The summed E-state index contributed by atoms with van der Waals surface area (Å²) in [5.41, 5.74) is 0. The van der Waals surface area contributed by atoms with Crippen LogP contribution in [0.4, 0.5) is 0 Å². The van der Waals surface area contributed by atoms with E-state index in [0.717, 1.165) is 0 Å². The van der Waals surface area contributed by atoms with E-state index in [9.17, 15) is 0 Å². The van der Waals surface area contributed by atoms with Crippen molar-refractivity contribution >= 4 is 0 Å². The Bertz CT molecular complexity index is 265. The van der Waals surface area contributed by atoms with Crippen LogP contribution in [0.25, 0.3) is 0 Å². The van der Waals surface area contributed by atoms with E-state index in [1.54, 1.807) is 0 Å². The van der Waals surface area contributed by atoms with Crippen molar-refractivity contribution in [1.29, 1.82) is 0 Å². The highest BCUT2D eigenvalue weighted by Crippen LogP contribution is 2.25. The van der Waals surface area contributed by atoms with Crippen LogP contribution < -0.4 is 0 Å².